The van der Waals surface area contributed by atoms with E-state index >= 15 is 0 Å². The van der Waals surface area contributed by atoms with Crippen molar-refractivity contribution in [2.24, 2.45) is 0 Å². The molecule has 26 heavy (non-hydrogen) atoms. The molecule has 0 bridgehead atoms. The molecule has 0 atom stereocenters. The van der Waals surface area contributed by atoms with Crippen molar-refractivity contribution in [2.75, 3.05) is 36.3 Å². The van der Waals surface area contributed by atoms with Gasteiger partial charge in [0.2, 0.25) is 0 Å². The Labute approximate surface area is 150 Å². The van der Waals surface area contributed by atoms with Crippen LogP contribution in [0.5, 0.6) is 0 Å². The maximum atomic E-state index is 11.6. The number of rotatable bonds is 4. The first kappa shape index (κ1) is 16.3. The second-order valence-corrected chi connectivity index (χ2v) is 5.93. The Morgan fingerprint density at radius 3 is 2.88 bits per heavy atom. The molecule has 0 radical (unpaired) electrons. The summed E-state index contributed by atoms with van der Waals surface area (Å²) in [5.74, 6) is -0.166. The number of ether oxygens (including phenoxy) is 1. The first-order chi connectivity index (χ1) is 12.7. The van der Waals surface area contributed by atoms with E-state index in [0.29, 0.717) is 18.9 Å². The second kappa shape index (κ2) is 7.01. The molecule has 1 aliphatic heterocycles. The summed E-state index contributed by atoms with van der Waals surface area (Å²) in [7, 11) is 0. The molecule has 0 amide bonds. The summed E-state index contributed by atoms with van der Waals surface area (Å²) in [4.78, 5) is 23.6. The maximum absolute atomic E-state index is 11.6. The minimum absolute atomic E-state index is 0.281. The van der Waals surface area contributed by atoms with Gasteiger partial charge in [-0.25, -0.2) is 14.3 Å². The molecular formula is C18H19N5O3. The van der Waals surface area contributed by atoms with E-state index in [-0.39, 0.29) is 5.95 Å². The number of fused-ring (bicyclic) bond motifs is 1. The Balaban J connectivity index is 1.70. The van der Waals surface area contributed by atoms with Crippen molar-refractivity contribution in [2.45, 2.75) is 6.92 Å². The first-order valence-electron chi connectivity index (χ1n) is 8.42. The molecule has 8 nitrogen and oxygen atoms in total. The van der Waals surface area contributed by atoms with Crippen molar-refractivity contribution in [3.8, 4) is 0 Å². The van der Waals surface area contributed by atoms with Crippen LogP contribution in [0.3, 0.4) is 0 Å². The summed E-state index contributed by atoms with van der Waals surface area (Å²) in [6, 6.07) is 11.5. The molecule has 1 aromatic carbocycles. The summed E-state index contributed by atoms with van der Waals surface area (Å²) in [5, 5.41) is 5.78. The molecule has 0 spiro atoms. The van der Waals surface area contributed by atoms with E-state index in [1.54, 1.807) is 10.7 Å². The fourth-order valence-electron chi connectivity index (χ4n) is 2.89. The number of carbonyl (C=O) groups excluding carboxylic acids is 1. The lowest BCUT2D eigenvalue weighted by Crippen LogP contribution is -2.36. The molecule has 3 heterocycles. The highest BCUT2D eigenvalue weighted by Crippen LogP contribution is 2.27. The molecule has 0 aliphatic carbocycles. The van der Waals surface area contributed by atoms with Gasteiger partial charge >= 0.3 is 5.97 Å². The van der Waals surface area contributed by atoms with Crippen molar-refractivity contribution >= 4 is 28.8 Å². The highest BCUT2D eigenvalue weighted by atomic mass is 16.7. The molecule has 1 aliphatic rings. The van der Waals surface area contributed by atoms with E-state index in [4.69, 9.17) is 9.57 Å². The third kappa shape index (κ3) is 3.31. The van der Waals surface area contributed by atoms with E-state index in [0.717, 1.165) is 24.3 Å². The summed E-state index contributed by atoms with van der Waals surface area (Å²) >= 11 is 0. The first-order valence-corrected chi connectivity index (χ1v) is 8.42. The standard InChI is InChI=1S/C18H19N5O3/c1-14(24)26-23(18-19-13-17-6-3-7-22(17)20-18)16-5-2-4-15(12-16)21-8-10-25-11-9-21/h2-7,12-13H,8-11H2,1H3. The quantitative estimate of drug-likeness (QED) is 0.666. The zero-order valence-electron chi connectivity index (χ0n) is 14.4. The molecule has 1 saturated heterocycles. The lowest BCUT2D eigenvalue weighted by Gasteiger charge is -2.29. The van der Waals surface area contributed by atoms with Crippen LogP contribution in [0.2, 0.25) is 0 Å². The average Bonchev–Trinajstić information content (AvgIpc) is 3.14. The average molecular weight is 353 g/mol. The van der Waals surface area contributed by atoms with Gasteiger partial charge in [0.05, 0.1) is 30.6 Å². The number of benzene rings is 1. The fourth-order valence-corrected chi connectivity index (χ4v) is 2.89. The van der Waals surface area contributed by atoms with Crippen molar-refractivity contribution in [3.63, 3.8) is 0 Å². The minimum Gasteiger partial charge on any atom is -0.378 e. The zero-order chi connectivity index (χ0) is 17.9. The minimum atomic E-state index is -0.446. The Hall–Kier alpha value is -3.13. The number of hydrogen-bond donors (Lipinski definition) is 0. The van der Waals surface area contributed by atoms with Crippen LogP contribution < -0.4 is 9.96 Å². The van der Waals surface area contributed by atoms with Crippen LogP contribution in [0, 0.1) is 0 Å². The smallest absolute Gasteiger partial charge is 0.330 e. The number of hydrogen-bond acceptors (Lipinski definition) is 7. The predicted molar refractivity (Wildman–Crippen MR) is 96.4 cm³/mol. The molecule has 0 N–H and O–H groups in total. The third-order valence-electron chi connectivity index (χ3n) is 4.11. The van der Waals surface area contributed by atoms with Gasteiger partial charge in [-0.15, -0.1) is 10.2 Å². The number of nitrogens with zero attached hydrogens (tertiary/aromatic N) is 5. The highest BCUT2D eigenvalue weighted by Gasteiger charge is 2.19. The summed E-state index contributed by atoms with van der Waals surface area (Å²) < 4.78 is 7.10. The van der Waals surface area contributed by atoms with Gasteiger partial charge < -0.3 is 14.5 Å². The lowest BCUT2D eigenvalue weighted by molar-refractivity contribution is -0.141. The molecule has 0 saturated carbocycles. The van der Waals surface area contributed by atoms with E-state index in [1.165, 1.54) is 12.0 Å². The van der Waals surface area contributed by atoms with Crippen molar-refractivity contribution in [3.05, 3.63) is 48.8 Å². The van der Waals surface area contributed by atoms with E-state index in [1.807, 2.05) is 42.6 Å². The molecule has 0 unspecified atom stereocenters. The molecule has 2 aromatic heterocycles. The summed E-state index contributed by atoms with van der Waals surface area (Å²) in [6.07, 6.45) is 3.50. The number of anilines is 3. The van der Waals surface area contributed by atoms with E-state index < -0.39 is 5.97 Å². The van der Waals surface area contributed by atoms with Crippen LogP contribution in [0.25, 0.3) is 5.52 Å². The Bertz CT molecular complexity index is 920. The van der Waals surface area contributed by atoms with Crippen LogP contribution in [-0.4, -0.2) is 46.9 Å². The van der Waals surface area contributed by atoms with E-state index in [2.05, 4.69) is 15.0 Å². The molecule has 8 heteroatoms. The van der Waals surface area contributed by atoms with Gasteiger partial charge in [0.15, 0.2) is 0 Å². The molecular weight excluding hydrogens is 334 g/mol. The van der Waals surface area contributed by atoms with Gasteiger partial charge in [0.1, 0.15) is 0 Å². The van der Waals surface area contributed by atoms with Crippen molar-refractivity contribution in [1.29, 1.82) is 0 Å². The fraction of sp³-hybridized carbons (Fsp3) is 0.278. The van der Waals surface area contributed by atoms with Crippen LogP contribution in [-0.2, 0) is 14.4 Å². The largest absolute Gasteiger partial charge is 0.378 e. The monoisotopic (exact) mass is 353 g/mol. The second-order valence-electron chi connectivity index (χ2n) is 5.93. The topological polar surface area (TPSA) is 72.2 Å². The maximum Gasteiger partial charge on any atom is 0.330 e. The molecule has 134 valence electrons. The van der Waals surface area contributed by atoms with Gasteiger partial charge in [-0.1, -0.05) is 6.07 Å². The number of aromatic nitrogens is 3. The number of morpholine rings is 1. The Morgan fingerprint density at radius 2 is 2.08 bits per heavy atom. The van der Waals surface area contributed by atoms with Gasteiger partial charge in [0, 0.05) is 31.9 Å². The predicted octanol–water partition coefficient (Wildman–Crippen LogP) is 2.18. The van der Waals surface area contributed by atoms with Gasteiger partial charge in [-0.2, -0.15) is 0 Å². The van der Waals surface area contributed by atoms with Gasteiger partial charge in [-0.05, 0) is 30.3 Å². The Morgan fingerprint density at radius 1 is 1.23 bits per heavy atom. The lowest BCUT2D eigenvalue weighted by atomic mass is 10.2. The van der Waals surface area contributed by atoms with Crippen LogP contribution >= 0.6 is 0 Å². The molecule has 1 fully saturated rings. The van der Waals surface area contributed by atoms with Gasteiger partial charge in [-0.3, -0.25) is 0 Å². The third-order valence-corrected chi connectivity index (χ3v) is 4.11. The normalized spacial score (nSPS) is 14.4. The molecule has 4 rings (SSSR count). The van der Waals surface area contributed by atoms with Crippen LogP contribution in [0.15, 0.2) is 48.8 Å². The summed E-state index contributed by atoms with van der Waals surface area (Å²) in [6.45, 7) is 4.40. The Kier molecular flexibility index (Phi) is 4.40. The van der Waals surface area contributed by atoms with Crippen LogP contribution in [0.1, 0.15) is 6.92 Å². The molecule has 3 aromatic rings. The number of carbonyl (C=O) groups is 1. The van der Waals surface area contributed by atoms with Crippen molar-refractivity contribution in [1.82, 2.24) is 14.6 Å². The van der Waals surface area contributed by atoms with E-state index in [9.17, 15) is 4.79 Å². The van der Waals surface area contributed by atoms with Crippen LogP contribution in [0.4, 0.5) is 17.3 Å². The zero-order valence-corrected chi connectivity index (χ0v) is 14.4. The summed E-state index contributed by atoms with van der Waals surface area (Å²) in [5.41, 5.74) is 2.57. The highest BCUT2D eigenvalue weighted by molar-refractivity contribution is 5.71. The van der Waals surface area contributed by atoms with Crippen molar-refractivity contribution < 1.29 is 14.4 Å². The van der Waals surface area contributed by atoms with Gasteiger partial charge in [0.25, 0.3) is 5.95 Å². The SMILES string of the molecule is CC(=O)ON(c1cccc(N2CCOCC2)c1)c1ncc2cccn2n1.